The Balaban J connectivity index is 1.79. The minimum Gasteiger partial charge on any atom is -0.496 e. The molecule has 1 aliphatic carbocycles. The van der Waals surface area contributed by atoms with Crippen molar-refractivity contribution in [3.63, 3.8) is 0 Å². The lowest BCUT2D eigenvalue weighted by molar-refractivity contribution is 0.248. The van der Waals surface area contributed by atoms with Gasteiger partial charge in [0.15, 0.2) is 0 Å². The number of nitrogens with zero attached hydrogens (tertiary/aromatic N) is 2. The van der Waals surface area contributed by atoms with E-state index in [-0.39, 0.29) is 6.04 Å². The number of nitrogens with two attached hydrogens (primary N) is 1. The first-order valence-electron chi connectivity index (χ1n) is 7.62. The number of anilines is 1. The minimum absolute atomic E-state index is 0.0115. The zero-order valence-corrected chi connectivity index (χ0v) is 12.5. The molecule has 1 aromatic carbocycles. The molecular formula is C16H25N3O. The molecule has 1 atom stereocenters. The summed E-state index contributed by atoms with van der Waals surface area (Å²) in [6, 6.07) is 7.10. The molecule has 110 valence electrons. The second-order valence-electron chi connectivity index (χ2n) is 5.94. The third-order valence-electron chi connectivity index (χ3n) is 4.44. The fourth-order valence-electron chi connectivity index (χ4n) is 3.21. The van der Waals surface area contributed by atoms with Crippen LogP contribution in [0.3, 0.4) is 0 Å². The van der Waals surface area contributed by atoms with Crippen molar-refractivity contribution in [2.24, 2.45) is 5.73 Å². The third kappa shape index (κ3) is 2.63. The zero-order valence-electron chi connectivity index (χ0n) is 12.5. The van der Waals surface area contributed by atoms with Crippen molar-refractivity contribution in [1.82, 2.24) is 4.90 Å². The highest BCUT2D eigenvalue weighted by molar-refractivity contribution is 5.61. The Labute approximate surface area is 121 Å². The van der Waals surface area contributed by atoms with E-state index in [0.717, 1.165) is 30.4 Å². The average Bonchev–Trinajstić information content (AvgIpc) is 3.31. The van der Waals surface area contributed by atoms with Crippen molar-refractivity contribution in [1.29, 1.82) is 0 Å². The first-order valence-corrected chi connectivity index (χ1v) is 7.62. The first kappa shape index (κ1) is 13.7. The largest absolute Gasteiger partial charge is 0.496 e. The van der Waals surface area contributed by atoms with Gasteiger partial charge in [0.05, 0.1) is 7.11 Å². The van der Waals surface area contributed by atoms with Gasteiger partial charge >= 0.3 is 0 Å². The van der Waals surface area contributed by atoms with Crippen molar-refractivity contribution in [2.75, 3.05) is 38.2 Å². The maximum absolute atomic E-state index is 6.17. The molecule has 0 amide bonds. The van der Waals surface area contributed by atoms with E-state index in [1.165, 1.54) is 31.6 Å². The normalized spacial score (nSPS) is 21.9. The summed E-state index contributed by atoms with van der Waals surface area (Å²) in [5.74, 6) is 0.905. The summed E-state index contributed by atoms with van der Waals surface area (Å²) in [5, 5.41) is 0. The summed E-state index contributed by atoms with van der Waals surface area (Å²) in [6.07, 6.45) is 2.79. The lowest BCUT2D eigenvalue weighted by Crippen LogP contribution is -2.47. The van der Waals surface area contributed by atoms with Crippen LogP contribution in [0, 0.1) is 0 Å². The summed E-state index contributed by atoms with van der Waals surface area (Å²) in [6.45, 7) is 6.54. The second-order valence-corrected chi connectivity index (χ2v) is 5.94. The van der Waals surface area contributed by atoms with Crippen LogP contribution >= 0.6 is 0 Å². The predicted octanol–water partition coefficient (Wildman–Crippen LogP) is 2.00. The quantitative estimate of drug-likeness (QED) is 0.912. The third-order valence-corrected chi connectivity index (χ3v) is 4.44. The highest BCUT2D eigenvalue weighted by Crippen LogP contribution is 2.35. The van der Waals surface area contributed by atoms with Gasteiger partial charge in [0.1, 0.15) is 5.75 Å². The number of methoxy groups -OCH3 is 1. The fraction of sp³-hybridized carbons (Fsp3) is 0.625. The Kier molecular flexibility index (Phi) is 3.85. The van der Waals surface area contributed by atoms with E-state index in [2.05, 4.69) is 21.9 Å². The van der Waals surface area contributed by atoms with Crippen LogP contribution in [0.15, 0.2) is 18.2 Å². The molecular weight excluding hydrogens is 250 g/mol. The Bertz CT molecular complexity index is 463. The summed E-state index contributed by atoms with van der Waals surface area (Å²) >= 11 is 0. The van der Waals surface area contributed by atoms with E-state index in [4.69, 9.17) is 10.5 Å². The van der Waals surface area contributed by atoms with Crippen LogP contribution in [0.4, 0.5) is 5.69 Å². The van der Waals surface area contributed by atoms with Crippen LogP contribution in [0.2, 0.25) is 0 Å². The SMILES string of the molecule is COc1cccc(N2CCN(C3CC3)CC2)c1[C@@H](C)N. The van der Waals surface area contributed by atoms with Gasteiger partial charge in [-0.2, -0.15) is 0 Å². The maximum atomic E-state index is 6.17. The van der Waals surface area contributed by atoms with Gasteiger partial charge < -0.3 is 15.4 Å². The molecule has 0 unspecified atom stereocenters. The lowest BCUT2D eigenvalue weighted by atomic mass is 10.0. The van der Waals surface area contributed by atoms with Gasteiger partial charge in [-0.15, -0.1) is 0 Å². The molecule has 0 bridgehead atoms. The minimum atomic E-state index is -0.0115. The lowest BCUT2D eigenvalue weighted by Gasteiger charge is -2.37. The number of rotatable bonds is 4. The Morgan fingerprint density at radius 2 is 1.90 bits per heavy atom. The molecule has 0 radical (unpaired) electrons. The topological polar surface area (TPSA) is 41.7 Å². The molecule has 0 aromatic heterocycles. The van der Waals surface area contributed by atoms with Crippen LogP contribution in [0.5, 0.6) is 5.75 Å². The van der Waals surface area contributed by atoms with Gasteiger partial charge in [-0.3, -0.25) is 4.90 Å². The summed E-state index contributed by atoms with van der Waals surface area (Å²) in [4.78, 5) is 5.09. The van der Waals surface area contributed by atoms with Crippen LogP contribution in [0.1, 0.15) is 31.4 Å². The van der Waals surface area contributed by atoms with Crippen molar-refractivity contribution >= 4 is 5.69 Å². The number of benzene rings is 1. The zero-order chi connectivity index (χ0) is 14.1. The number of hydrogen-bond acceptors (Lipinski definition) is 4. The van der Waals surface area contributed by atoms with Crippen molar-refractivity contribution in [3.05, 3.63) is 23.8 Å². The van der Waals surface area contributed by atoms with E-state index in [9.17, 15) is 0 Å². The Morgan fingerprint density at radius 1 is 1.20 bits per heavy atom. The molecule has 1 aromatic rings. The Morgan fingerprint density at radius 3 is 2.45 bits per heavy atom. The average molecular weight is 275 g/mol. The summed E-state index contributed by atoms with van der Waals surface area (Å²) in [7, 11) is 1.72. The van der Waals surface area contributed by atoms with E-state index in [1.54, 1.807) is 7.11 Å². The monoisotopic (exact) mass is 275 g/mol. The molecule has 4 heteroatoms. The molecule has 1 saturated carbocycles. The smallest absolute Gasteiger partial charge is 0.125 e. The standard InChI is InChI=1S/C16H25N3O/c1-12(17)16-14(4-3-5-15(16)20-2)19-10-8-18(9-11-19)13-6-7-13/h3-5,12-13H,6-11,17H2,1-2H3/t12-/m1/s1. The Hall–Kier alpha value is -1.26. The molecule has 1 heterocycles. The predicted molar refractivity (Wildman–Crippen MR) is 82.4 cm³/mol. The van der Waals surface area contributed by atoms with E-state index in [1.807, 2.05) is 13.0 Å². The molecule has 2 fully saturated rings. The molecule has 3 rings (SSSR count). The van der Waals surface area contributed by atoms with Gasteiger partial charge in [0, 0.05) is 49.5 Å². The maximum Gasteiger partial charge on any atom is 0.125 e. The summed E-state index contributed by atoms with van der Waals surface area (Å²) in [5.41, 5.74) is 8.55. The molecule has 1 saturated heterocycles. The van der Waals surface area contributed by atoms with Gasteiger partial charge in [-0.1, -0.05) is 6.07 Å². The molecule has 4 nitrogen and oxygen atoms in total. The first-order chi connectivity index (χ1) is 9.70. The van der Waals surface area contributed by atoms with Crippen LogP contribution < -0.4 is 15.4 Å². The van der Waals surface area contributed by atoms with Crippen molar-refractivity contribution in [2.45, 2.75) is 31.8 Å². The van der Waals surface area contributed by atoms with Crippen LogP contribution in [-0.4, -0.2) is 44.2 Å². The van der Waals surface area contributed by atoms with Gasteiger partial charge in [0.2, 0.25) is 0 Å². The molecule has 1 aliphatic heterocycles. The molecule has 2 aliphatic rings. The van der Waals surface area contributed by atoms with Crippen molar-refractivity contribution in [3.8, 4) is 5.75 Å². The van der Waals surface area contributed by atoms with Gasteiger partial charge in [0.25, 0.3) is 0 Å². The van der Waals surface area contributed by atoms with Crippen LogP contribution in [-0.2, 0) is 0 Å². The highest BCUT2D eigenvalue weighted by Gasteiger charge is 2.31. The molecule has 2 N–H and O–H groups in total. The highest BCUT2D eigenvalue weighted by atomic mass is 16.5. The second kappa shape index (κ2) is 5.62. The summed E-state index contributed by atoms with van der Waals surface area (Å²) < 4.78 is 5.49. The number of hydrogen-bond donors (Lipinski definition) is 1. The van der Waals surface area contributed by atoms with E-state index >= 15 is 0 Å². The number of ether oxygens (including phenoxy) is 1. The molecule has 0 spiro atoms. The molecule has 20 heavy (non-hydrogen) atoms. The van der Waals surface area contributed by atoms with Crippen molar-refractivity contribution < 1.29 is 4.74 Å². The van der Waals surface area contributed by atoms with Gasteiger partial charge in [-0.05, 0) is 31.9 Å². The van der Waals surface area contributed by atoms with E-state index < -0.39 is 0 Å². The van der Waals surface area contributed by atoms with E-state index in [0.29, 0.717) is 0 Å². The number of piperazine rings is 1. The fourth-order valence-corrected chi connectivity index (χ4v) is 3.21. The van der Waals surface area contributed by atoms with Gasteiger partial charge in [-0.25, -0.2) is 0 Å². The van der Waals surface area contributed by atoms with Crippen LogP contribution in [0.25, 0.3) is 0 Å².